The highest BCUT2D eigenvalue weighted by Crippen LogP contribution is 2.23. The Hall–Kier alpha value is -2.26. The van der Waals surface area contributed by atoms with Crippen LogP contribution < -0.4 is 0 Å². The summed E-state index contributed by atoms with van der Waals surface area (Å²) in [5, 5.41) is 9.34. The molecule has 0 aliphatic carbocycles. The lowest BCUT2D eigenvalue weighted by molar-refractivity contribution is -0.128. The third kappa shape index (κ3) is 3.17. The number of sulfonamides is 1. The first kappa shape index (κ1) is 18.1. The molecule has 0 aromatic heterocycles. The first-order valence-electron chi connectivity index (χ1n) is 7.16. The average molecular weight is 352 g/mol. The zero-order chi connectivity index (χ0) is 18.1. The summed E-state index contributed by atoms with van der Waals surface area (Å²) in [6, 6.07) is 6.26. The van der Waals surface area contributed by atoms with Gasteiger partial charge in [-0.25, -0.2) is 17.7 Å². The van der Waals surface area contributed by atoms with Crippen LogP contribution >= 0.6 is 0 Å². The molecular weight excluding hydrogens is 332 g/mol. The highest BCUT2D eigenvalue weighted by atomic mass is 32.2. The van der Waals surface area contributed by atoms with Crippen LogP contribution in [0.15, 0.2) is 39.4 Å². The minimum absolute atomic E-state index is 0.174. The lowest BCUT2D eigenvalue weighted by Crippen LogP contribution is -2.31. The number of hydrogen-bond acceptors (Lipinski definition) is 6. The number of carbonyl (C=O) groups is 1. The van der Waals surface area contributed by atoms with Gasteiger partial charge in [-0.3, -0.25) is 4.79 Å². The fraction of sp³-hybridized carbons (Fsp3) is 0.400. The van der Waals surface area contributed by atoms with Gasteiger partial charge in [0.1, 0.15) is 13.0 Å². The van der Waals surface area contributed by atoms with E-state index in [0.717, 1.165) is 4.31 Å². The van der Waals surface area contributed by atoms with E-state index in [1.807, 2.05) is 0 Å². The smallest absolute Gasteiger partial charge is 0.257 e. The summed E-state index contributed by atoms with van der Waals surface area (Å²) in [6.07, 6.45) is 0. The summed E-state index contributed by atoms with van der Waals surface area (Å²) < 4.78 is 25.4. The minimum Gasteiger partial charge on any atom is -0.399 e. The van der Waals surface area contributed by atoms with E-state index in [9.17, 15) is 13.2 Å². The summed E-state index contributed by atoms with van der Waals surface area (Å²) in [5.74, 6) is -0.862. The number of amides is 1. The highest BCUT2D eigenvalue weighted by Gasteiger charge is 2.37. The van der Waals surface area contributed by atoms with Crippen LogP contribution in [0, 0.1) is 5.92 Å². The van der Waals surface area contributed by atoms with Gasteiger partial charge in [0, 0.05) is 21.1 Å². The van der Waals surface area contributed by atoms with Gasteiger partial charge < -0.3 is 4.84 Å². The van der Waals surface area contributed by atoms with E-state index in [1.54, 1.807) is 26.1 Å². The lowest BCUT2D eigenvalue weighted by atomic mass is 9.93. The first-order chi connectivity index (χ1) is 11.2. The van der Waals surface area contributed by atoms with Crippen LogP contribution in [0.4, 0.5) is 0 Å². The molecule has 1 aromatic rings. The van der Waals surface area contributed by atoms with E-state index in [1.165, 1.54) is 38.3 Å². The molecule has 0 bridgehead atoms. The van der Waals surface area contributed by atoms with Crippen molar-refractivity contribution in [3.8, 4) is 0 Å². The van der Waals surface area contributed by atoms with Crippen molar-refractivity contribution in [1.29, 1.82) is 0 Å². The van der Waals surface area contributed by atoms with Crippen LogP contribution in [-0.2, 0) is 19.7 Å². The molecule has 1 aromatic carbocycles. The Balaban J connectivity index is 2.42. The molecule has 0 saturated carbocycles. The maximum Gasteiger partial charge on any atom is 0.257 e. The molecule has 1 aliphatic rings. The topological polar surface area (TPSA) is 91.6 Å². The van der Waals surface area contributed by atoms with Crippen molar-refractivity contribution in [1.82, 2.24) is 9.31 Å². The SMILES string of the molecule is CO/N=C(\C)C1C(=O)N(C)N=C1c1ccc(S(=O)(=O)N(C)C)cc1. The second kappa shape index (κ2) is 6.70. The van der Waals surface area contributed by atoms with Gasteiger partial charge in [-0.1, -0.05) is 17.3 Å². The molecule has 9 heteroatoms. The molecule has 1 amide bonds. The predicted octanol–water partition coefficient (Wildman–Crippen LogP) is 0.752. The number of benzene rings is 1. The molecule has 0 saturated heterocycles. The Morgan fingerprint density at radius 1 is 1.29 bits per heavy atom. The molecule has 0 fully saturated rings. The van der Waals surface area contributed by atoms with Crippen LogP contribution in [-0.4, -0.2) is 63.3 Å². The fourth-order valence-electron chi connectivity index (χ4n) is 2.38. The molecule has 0 spiro atoms. The van der Waals surface area contributed by atoms with Crippen molar-refractivity contribution in [2.24, 2.45) is 16.2 Å². The van der Waals surface area contributed by atoms with E-state index in [0.29, 0.717) is 17.0 Å². The third-order valence-electron chi connectivity index (χ3n) is 3.68. The molecule has 1 atom stereocenters. The van der Waals surface area contributed by atoms with E-state index < -0.39 is 15.9 Å². The number of carbonyl (C=O) groups excluding carboxylic acids is 1. The van der Waals surface area contributed by atoms with Crippen LogP contribution in [0.3, 0.4) is 0 Å². The number of rotatable bonds is 5. The number of hydrogen-bond donors (Lipinski definition) is 0. The molecule has 24 heavy (non-hydrogen) atoms. The Morgan fingerprint density at radius 3 is 2.38 bits per heavy atom. The summed E-state index contributed by atoms with van der Waals surface area (Å²) in [6.45, 7) is 1.69. The maximum atomic E-state index is 12.3. The largest absolute Gasteiger partial charge is 0.399 e. The van der Waals surface area contributed by atoms with Crippen molar-refractivity contribution < 1.29 is 18.0 Å². The van der Waals surface area contributed by atoms with Gasteiger partial charge in [-0.2, -0.15) is 5.10 Å². The molecule has 0 N–H and O–H groups in total. The zero-order valence-corrected chi connectivity index (χ0v) is 15.0. The fourth-order valence-corrected chi connectivity index (χ4v) is 3.28. The highest BCUT2D eigenvalue weighted by molar-refractivity contribution is 7.89. The van der Waals surface area contributed by atoms with E-state index in [2.05, 4.69) is 10.3 Å². The molecule has 130 valence electrons. The Morgan fingerprint density at radius 2 is 1.88 bits per heavy atom. The summed E-state index contributed by atoms with van der Waals surface area (Å²) in [7, 11) is 2.41. The monoisotopic (exact) mass is 352 g/mol. The second-order valence-corrected chi connectivity index (χ2v) is 7.66. The van der Waals surface area contributed by atoms with E-state index in [4.69, 9.17) is 4.84 Å². The zero-order valence-electron chi connectivity index (χ0n) is 14.2. The van der Waals surface area contributed by atoms with Crippen LogP contribution in [0.1, 0.15) is 12.5 Å². The van der Waals surface area contributed by atoms with Crippen molar-refractivity contribution >= 4 is 27.4 Å². The maximum absolute atomic E-state index is 12.3. The Kier molecular flexibility index (Phi) is 5.05. The van der Waals surface area contributed by atoms with Gasteiger partial charge in [0.2, 0.25) is 10.0 Å². The van der Waals surface area contributed by atoms with Gasteiger partial charge >= 0.3 is 0 Å². The molecule has 0 radical (unpaired) electrons. The van der Waals surface area contributed by atoms with Crippen molar-refractivity contribution in [2.75, 3.05) is 28.3 Å². The minimum atomic E-state index is -3.50. The van der Waals surface area contributed by atoms with Gasteiger partial charge in [0.25, 0.3) is 5.91 Å². The molecule has 1 unspecified atom stereocenters. The summed E-state index contributed by atoms with van der Waals surface area (Å²) >= 11 is 0. The van der Waals surface area contributed by atoms with Crippen molar-refractivity contribution in [2.45, 2.75) is 11.8 Å². The molecule has 8 nitrogen and oxygen atoms in total. The van der Waals surface area contributed by atoms with Crippen molar-refractivity contribution in [3.63, 3.8) is 0 Å². The normalized spacial score (nSPS) is 19.0. The van der Waals surface area contributed by atoms with Crippen LogP contribution in [0.25, 0.3) is 0 Å². The third-order valence-corrected chi connectivity index (χ3v) is 5.51. The van der Waals surface area contributed by atoms with Gasteiger partial charge in [0.05, 0.1) is 16.3 Å². The quantitative estimate of drug-likeness (QED) is 0.577. The summed E-state index contributed by atoms with van der Waals surface area (Å²) in [5.41, 5.74) is 1.64. The standard InChI is InChI=1S/C15H20N4O4S/c1-10(17-23-5)13-14(16-19(4)15(13)20)11-6-8-12(9-7-11)24(21,22)18(2)3/h6-9,13H,1-5H3/b17-10+. The Bertz CT molecular complexity index is 797. The Labute approximate surface area is 141 Å². The second-order valence-electron chi connectivity index (χ2n) is 5.51. The number of hydrazone groups is 1. The predicted molar refractivity (Wildman–Crippen MR) is 90.2 cm³/mol. The van der Waals surface area contributed by atoms with Crippen LogP contribution in [0.2, 0.25) is 0 Å². The first-order valence-corrected chi connectivity index (χ1v) is 8.60. The van der Waals surface area contributed by atoms with Crippen molar-refractivity contribution in [3.05, 3.63) is 29.8 Å². The molecule has 1 aliphatic heterocycles. The molecule has 1 heterocycles. The molecular formula is C15H20N4O4S. The molecule has 2 rings (SSSR count). The van der Waals surface area contributed by atoms with Gasteiger partial charge in [0.15, 0.2) is 0 Å². The summed E-state index contributed by atoms with van der Waals surface area (Å²) in [4.78, 5) is 17.2. The van der Waals surface area contributed by atoms with Crippen LogP contribution in [0.5, 0.6) is 0 Å². The number of oxime groups is 1. The average Bonchev–Trinajstić information content (AvgIpc) is 2.83. The number of nitrogens with zero attached hydrogens (tertiary/aromatic N) is 4. The van der Waals surface area contributed by atoms with Gasteiger partial charge in [-0.15, -0.1) is 0 Å². The van der Waals surface area contributed by atoms with E-state index in [-0.39, 0.29) is 10.8 Å². The van der Waals surface area contributed by atoms with E-state index >= 15 is 0 Å². The lowest BCUT2D eigenvalue weighted by Gasteiger charge is -2.13. The van der Waals surface area contributed by atoms with Gasteiger partial charge in [-0.05, 0) is 24.6 Å².